The predicted octanol–water partition coefficient (Wildman–Crippen LogP) is 3.16. The van der Waals surface area contributed by atoms with Crippen molar-refractivity contribution in [2.45, 2.75) is 32.6 Å². The fourth-order valence-electron chi connectivity index (χ4n) is 2.88. The van der Waals surface area contributed by atoms with Crippen molar-refractivity contribution in [2.24, 2.45) is 7.05 Å². The molecule has 112 valence electrons. The van der Waals surface area contributed by atoms with Crippen molar-refractivity contribution in [3.8, 4) is 17.1 Å². The number of benzene rings is 1. The summed E-state index contributed by atoms with van der Waals surface area (Å²) in [6, 6.07) is 10.3. The second-order valence-corrected chi connectivity index (χ2v) is 6.08. The molecule has 0 amide bonds. The number of hydrogen-bond acceptors (Lipinski definition) is 3. The minimum Gasteiger partial charge on any atom is -0.252 e. The molecule has 1 aliphatic rings. The van der Waals surface area contributed by atoms with Crippen LogP contribution in [0.15, 0.2) is 30.3 Å². The van der Waals surface area contributed by atoms with E-state index in [1.807, 2.05) is 29.4 Å². The Morgan fingerprint density at radius 1 is 1.09 bits per heavy atom. The topological polar surface area (TPSA) is 48.5 Å². The van der Waals surface area contributed by atoms with Gasteiger partial charge in [-0.3, -0.25) is 4.68 Å². The fraction of sp³-hybridized carbons (Fsp3) is 0.353. The predicted molar refractivity (Wildman–Crippen MR) is 85.0 cm³/mol. The molecule has 0 unspecified atom stereocenters. The van der Waals surface area contributed by atoms with E-state index in [9.17, 15) is 0 Å². The molecule has 1 saturated carbocycles. The quantitative estimate of drug-likeness (QED) is 0.745. The Kier molecular flexibility index (Phi) is 2.89. The highest BCUT2D eigenvalue weighted by atomic mass is 15.3. The van der Waals surface area contributed by atoms with Crippen molar-refractivity contribution in [2.75, 3.05) is 0 Å². The third-order valence-corrected chi connectivity index (χ3v) is 4.10. The van der Waals surface area contributed by atoms with Gasteiger partial charge in [-0.2, -0.15) is 10.2 Å². The van der Waals surface area contributed by atoms with Crippen molar-refractivity contribution in [3.63, 3.8) is 0 Å². The van der Waals surface area contributed by atoms with Crippen molar-refractivity contribution in [1.29, 1.82) is 0 Å². The molecule has 1 aliphatic carbocycles. The smallest absolute Gasteiger partial charge is 0.181 e. The highest BCUT2D eigenvalue weighted by Gasteiger charge is 2.29. The second-order valence-electron chi connectivity index (χ2n) is 6.08. The molecule has 0 aliphatic heterocycles. The van der Waals surface area contributed by atoms with E-state index in [2.05, 4.69) is 41.4 Å². The third-order valence-electron chi connectivity index (χ3n) is 4.10. The van der Waals surface area contributed by atoms with Gasteiger partial charge in [-0.1, -0.05) is 12.1 Å². The lowest BCUT2D eigenvalue weighted by atomic mass is 10.2. The molecule has 4 rings (SSSR count). The van der Waals surface area contributed by atoms with Gasteiger partial charge in [-0.25, -0.2) is 9.67 Å². The standard InChI is InChI=1S/C17H19N5/c1-11-9-12(2)22(19-11)15-6-4-5-14(10-15)16-18-17(13-7-8-13)21(3)20-16/h4-6,9-10,13H,7-8H2,1-3H3. The van der Waals surface area contributed by atoms with Crippen LogP contribution in [-0.2, 0) is 7.05 Å². The lowest BCUT2D eigenvalue weighted by molar-refractivity contribution is 0.705. The Balaban J connectivity index is 1.75. The Labute approximate surface area is 129 Å². The average Bonchev–Trinajstić information content (AvgIpc) is 3.18. The van der Waals surface area contributed by atoms with Gasteiger partial charge in [-0.15, -0.1) is 0 Å². The van der Waals surface area contributed by atoms with E-state index >= 15 is 0 Å². The molecular weight excluding hydrogens is 274 g/mol. The molecule has 22 heavy (non-hydrogen) atoms. The first-order valence-electron chi connectivity index (χ1n) is 7.67. The Bertz CT molecular complexity index is 839. The first-order chi connectivity index (χ1) is 10.6. The number of aryl methyl sites for hydroxylation is 3. The van der Waals surface area contributed by atoms with E-state index in [-0.39, 0.29) is 0 Å². The van der Waals surface area contributed by atoms with Gasteiger partial charge >= 0.3 is 0 Å². The third kappa shape index (κ3) is 2.22. The van der Waals surface area contributed by atoms with E-state index < -0.39 is 0 Å². The maximum Gasteiger partial charge on any atom is 0.181 e. The molecule has 0 saturated heterocycles. The summed E-state index contributed by atoms with van der Waals surface area (Å²) in [6.45, 7) is 4.08. The van der Waals surface area contributed by atoms with Gasteiger partial charge in [0, 0.05) is 24.2 Å². The van der Waals surface area contributed by atoms with Crippen molar-refractivity contribution in [1.82, 2.24) is 24.5 Å². The summed E-state index contributed by atoms with van der Waals surface area (Å²) >= 11 is 0. The van der Waals surface area contributed by atoms with Gasteiger partial charge in [0.25, 0.3) is 0 Å². The number of aromatic nitrogens is 5. The monoisotopic (exact) mass is 293 g/mol. The Hall–Kier alpha value is -2.43. The fourth-order valence-corrected chi connectivity index (χ4v) is 2.88. The molecule has 0 N–H and O–H groups in total. The lowest BCUT2D eigenvalue weighted by Crippen LogP contribution is -1.99. The van der Waals surface area contributed by atoms with Gasteiger partial charge in [0.1, 0.15) is 5.82 Å². The maximum absolute atomic E-state index is 4.73. The molecule has 2 heterocycles. The number of hydrogen-bond donors (Lipinski definition) is 0. The van der Waals surface area contributed by atoms with Crippen LogP contribution in [0.25, 0.3) is 17.1 Å². The van der Waals surface area contributed by atoms with E-state index in [0.29, 0.717) is 5.92 Å². The zero-order valence-corrected chi connectivity index (χ0v) is 13.1. The zero-order valence-electron chi connectivity index (χ0n) is 13.1. The van der Waals surface area contributed by atoms with Gasteiger partial charge in [0.15, 0.2) is 5.82 Å². The molecular formula is C17H19N5. The minimum absolute atomic E-state index is 0.602. The van der Waals surface area contributed by atoms with Gasteiger partial charge in [0.05, 0.1) is 11.4 Å². The highest BCUT2D eigenvalue weighted by Crippen LogP contribution is 2.39. The first kappa shape index (κ1) is 13.2. The maximum atomic E-state index is 4.73. The molecule has 0 bridgehead atoms. The molecule has 1 fully saturated rings. The highest BCUT2D eigenvalue weighted by molar-refractivity contribution is 5.59. The largest absolute Gasteiger partial charge is 0.252 e. The molecule has 3 aromatic rings. The zero-order chi connectivity index (χ0) is 15.3. The van der Waals surface area contributed by atoms with Gasteiger partial charge < -0.3 is 0 Å². The van der Waals surface area contributed by atoms with Crippen LogP contribution in [0.5, 0.6) is 0 Å². The van der Waals surface area contributed by atoms with Crippen LogP contribution < -0.4 is 0 Å². The SMILES string of the molecule is Cc1cc(C)n(-c2cccc(-c3nc(C4CC4)n(C)n3)c2)n1. The molecule has 2 aromatic heterocycles. The van der Waals surface area contributed by atoms with Crippen molar-refractivity contribution >= 4 is 0 Å². The summed E-state index contributed by atoms with van der Waals surface area (Å²) in [7, 11) is 1.98. The van der Waals surface area contributed by atoms with E-state index in [1.54, 1.807) is 0 Å². The molecule has 0 atom stereocenters. The van der Waals surface area contributed by atoms with Gasteiger partial charge in [0.2, 0.25) is 0 Å². The van der Waals surface area contributed by atoms with Crippen LogP contribution in [-0.4, -0.2) is 24.5 Å². The Morgan fingerprint density at radius 3 is 2.59 bits per heavy atom. The van der Waals surface area contributed by atoms with Crippen LogP contribution >= 0.6 is 0 Å². The van der Waals surface area contributed by atoms with Crippen molar-refractivity contribution in [3.05, 3.63) is 47.5 Å². The first-order valence-corrected chi connectivity index (χ1v) is 7.67. The van der Waals surface area contributed by atoms with Crippen molar-refractivity contribution < 1.29 is 0 Å². The van der Waals surface area contributed by atoms with Crippen LogP contribution in [0.2, 0.25) is 0 Å². The molecule has 5 nitrogen and oxygen atoms in total. The molecule has 5 heteroatoms. The average molecular weight is 293 g/mol. The van der Waals surface area contributed by atoms with Crippen LogP contribution in [0.3, 0.4) is 0 Å². The van der Waals surface area contributed by atoms with E-state index in [0.717, 1.165) is 34.3 Å². The van der Waals surface area contributed by atoms with Gasteiger partial charge in [-0.05, 0) is 44.9 Å². The van der Waals surface area contributed by atoms with Crippen LogP contribution in [0, 0.1) is 13.8 Å². The summed E-state index contributed by atoms with van der Waals surface area (Å²) in [4.78, 5) is 4.73. The Morgan fingerprint density at radius 2 is 1.91 bits per heavy atom. The summed E-state index contributed by atoms with van der Waals surface area (Å²) in [5.41, 5.74) is 4.23. The second kappa shape index (κ2) is 4.80. The number of rotatable bonds is 3. The van der Waals surface area contributed by atoms with Crippen LogP contribution in [0.1, 0.15) is 36.0 Å². The summed E-state index contributed by atoms with van der Waals surface area (Å²) in [6.07, 6.45) is 2.47. The van der Waals surface area contributed by atoms with E-state index in [4.69, 9.17) is 4.98 Å². The summed E-state index contributed by atoms with van der Waals surface area (Å²) in [5, 5.41) is 9.13. The lowest BCUT2D eigenvalue weighted by Gasteiger charge is -2.05. The summed E-state index contributed by atoms with van der Waals surface area (Å²) in [5.74, 6) is 2.50. The molecule has 0 spiro atoms. The molecule has 0 radical (unpaired) electrons. The van der Waals surface area contributed by atoms with E-state index in [1.165, 1.54) is 12.8 Å². The van der Waals surface area contributed by atoms with Crippen LogP contribution in [0.4, 0.5) is 0 Å². The number of nitrogens with zero attached hydrogens (tertiary/aromatic N) is 5. The minimum atomic E-state index is 0.602. The normalized spacial score (nSPS) is 14.5. The summed E-state index contributed by atoms with van der Waals surface area (Å²) < 4.78 is 3.88. The molecule has 1 aromatic carbocycles.